The zero-order valence-corrected chi connectivity index (χ0v) is 22.5. The van der Waals surface area contributed by atoms with Gasteiger partial charge in [-0.15, -0.1) is 0 Å². The van der Waals surface area contributed by atoms with E-state index in [1.807, 2.05) is 43.3 Å². The van der Waals surface area contributed by atoms with Crippen molar-refractivity contribution in [3.05, 3.63) is 126 Å². The summed E-state index contributed by atoms with van der Waals surface area (Å²) in [6.45, 7) is 1.85. The molecule has 0 saturated heterocycles. The number of benzene rings is 5. The van der Waals surface area contributed by atoms with Crippen molar-refractivity contribution >= 4 is 5.97 Å². The molecule has 1 N–H and O–H groups in total. The van der Waals surface area contributed by atoms with E-state index in [2.05, 4.69) is 66.7 Å². The molecular weight excluding hydrogens is 500 g/mol. The van der Waals surface area contributed by atoms with Crippen LogP contribution < -0.4 is 14.2 Å². The van der Waals surface area contributed by atoms with Crippen LogP contribution in [-0.4, -0.2) is 24.8 Å². The molecule has 5 rings (SSSR count). The first-order valence-electron chi connectivity index (χ1n) is 13.0. The normalized spacial score (nSPS) is 10.7. The number of aliphatic carboxylic acids is 1. The second-order valence-electron chi connectivity index (χ2n) is 9.49. The van der Waals surface area contributed by atoms with Crippen molar-refractivity contribution in [2.45, 2.75) is 13.5 Å². The van der Waals surface area contributed by atoms with Crippen LogP contribution in [0, 0.1) is 6.92 Å². The molecule has 0 heterocycles. The van der Waals surface area contributed by atoms with Crippen molar-refractivity contribution in [2.24, 2.45) is 0 Å². The number of methoxy groups -OCH3 is 1. The van der Waals surface area contributed by atoms with Crippen molar-refractivity contribution < 1.29 is 24.1 Å². The molecule has 0 unspecified atom stereocenters. The van der Waals surface area contributed by atoms with Crippen LogP contribution >= 0.6 is 0 Å². The van der Waals surface area contributed by atoms with Crippen molar-refractivity contribution in [3.8, 4) is 50.6 Å². The SMILES string of the molecule is COc1ccc(-c2cc(COc3ccc(OCC(=O)O)c(C)c3)cc(-c3ccc(-c4ccccc4)cc3)c2)cc1. The molecule has 0 aliphatic rings. The summed E-state index contributed by atoms with van der Waals surface area (Å²) in [5, 5.41) is 8.88. The molecule has 0 atom stereocenters. The molecule has 0 aliphatic heterocycles. The second kappa shape index (κ2) is 12.2. The van der Waals surface area contributed by atoms with Crippen LogP contribution in [0.25, 0.3) is 33.4 Å². The van der Waals surface area contributed by atoms with Gasteiger partial charge in [-0.05, 0) is 100.0 Å². The molecule has 0 aliphatic carbocycles. The number of carbonyl (C=O) groups is 1. The van der Waals surface area contributed by atoms with Crippen LogP contribution in [0.15, 0.2) is 115 Å². The standard InChI is InChI=1S/C35H30O5/c1-24-18-33(16-17-34(24)40-23-35(36)37)39-22-25-19-30(21-31(20-25)29-12-14-32(38-2)15-13-29)28-10-8-27(9-11-28)26-6-4-3-5-7-26/h3-21H,22-23H2,1-2H3,(H,36,37). The summed E-state index contributed by atoms with van der Waals surface area (Å²) in [5.41, 5.74) is 8.58. The van der Waals surface area contributed by atoms with E-state index in [1.54, 1.807) is 19.2 Å². The molecule has 40 heavy (non-hydrogen) atoms. The molecule has 0 radical (unpaired) electrons. The quantitative estimate of drug-likeness (QED) is 0.198. The van der Waals surface area contributed by atoms with Crippen LogP contribution in [0.4, 0.5) is 0 Å². The Labute approximate surface area is 234 Å². The van der Waals surface area contributed by atoms with Gasteiger partial charge in [0.2, 0.25) is 0 Å². The summed E-state index contributed by atoms with van der Waals surface area (Å²) in [6, 6.07) is 38.9. The smallest absolute Gasteiger partial charge is 0.341 e. The van der Waals surface area contributed by atoms with E-state index in [-0.39, 0.29) is 6.61 Å². The molecule has 5 aromatic rings. The molecule has 5 nitrogen and oxygen atoms in total. The molecular formula is C35H30O5. The van der Waals surface area contributed by atoms with Crippen molar-refractivity contribution in [1.29, 1.82) is 0 Å². The zero-order valence-electron chi connectivity index (χ0n) is 22.5. The van der Waals surface area contributed by atoms with Crippen molar-refractivity contribution in [3.63, 3.8) is 0 Å². The first kappa shape index (κ1) is 26.6. The van der Waals surface area contributed by atoms with E-state index in [0.29, 0.717) is 18.1 Å². The Morgan fingerprint density at radius 3 is 1.75 bits per heavy atom. The number of rotatable bonds is 10. The molecule has 0 bridgehead atoms. The van der Waals surface area contributed by atoms with Crippen LogP contribution in [0.1, 0.15) is 11.1 Å². The molecule has 5 heteroatoms. The van der Waals surface area contributed by atoms with E-state index in [4.69, 9.17) is 19.3 Å². The van der Waals surface area contributed by atoms with E-state index in [1.165, 1.54) is 11.1 Å². The number of hydrogen-bond acceptors (Lipinski definition) is 4. The van der Waals surface area contributed by atoms with Gasteiger partial charge in [0, 0.05) is 0 Å². The van der Waals surface area contributed by atoms with Crippen LogP contribution in [-0.2, 0) is 11.4 Å². The Morgan fingerprint density at radius 1 is 0.625 bits per heavy atom. The van der Waals surface area contributed by atoms with Gasteiger partial charge in [-0.3, -0.25) is 0 Å². The average molecular weight is 531 g/mol. The minimum absolute atomic E-state index is 0.369. The summed E-state index contributed by atoms with van der Waals surface area (Å²) >= 11 is 0. The van der Waals surface area contributed by atoms with Gasteiger partial charge in [-0.1, -0.05) is 66.7 Å². The summed E-state index contributed by atoms with van der Waals surface area (Å²) in [5.74, 6) is 1.01. The zero-order chi connectivity index (χ0) is 27.9. The Morgan fingerprint density at radius 2 is 1.18 bits per heavy atom. The summed E-state index contributed by atoms with van der Waals surface area (Å²) in [4.78, 5) is 10.8. The fraction of sp³-hybridized carbons (Fsp3) is 0.114. The van der Waals surface area contributed by atoms with Gasteiger partial charge in [0.05, 0.1) is 7.11 Å². The molecule has 0 saturated carbocycles. The largest absolute Gasteiger partial charge is 0.497 e. The molecule has 0 spiro atoms. The van der Waals surface area contributed by atoms with Gasteiger partial charge in [0.25, 0.3) is 0 Å². The lowest BCUT2D eigenvalue weighted by Crippen LogP contribution is -2.10. The third-order valence-corrected chi connectivity index (χ3v) is 6.64. The van der Waals surface area contributed by atoms with Gasteiger partial charge >= 0.3 is 5.97 Å². The van der Waals surface area contributed by atoms with Crippen molar-refractivity contribution in [1.82, 2.24) is 0 Å². The number of carboxylic acids is 1. The molecule has 0 fully saturated rings. The minimum atomic E-state index is -1.01. The molecule has 0 aromatic heterocycles. The highest BCUT2D eigenvalue weighted by molar-refractivity contribution is 5.76. The minimum Gasteiger partial charge on any atom is -0.497 e. The Bertz CT molecular complexity index is 1590. The Balaban J connectivity index is 1.43. The predicted molar refractivity (Wildman–Crippen MR) is 158 cm³/mol. The molecule has 5 aromatic carbocycles. The van der Waals surface area contributed by atoms with Crippen LogP contribution in [0.5, 0.6) is 17.2 Å². The number of carboxylic acid groups (broad SMARTS) is 1. The first-order chi connectivity index (χ1) is 19.5. The topological polar surface area (TPSA) is 65.0 Å². The summed E-state index contributed by atoms with van der Waals surface area (Å²) in [6.07, 6.45) is 0. The number of ether oxygens (including phenoxy) is 3. The Kier molecular flexibility index (Phi) is 8.12. The van der Waals surface area contributed by atoms with E-state index in [0.717, 1.165) is 39.1 Å². The summed E-state index contributed by atoms with van der Waals surface area (Å²) in [7, 11) is 1.66. The average Bonchev–Trinajstić information content (AvgIpc) is 3.00. The maximum Gasteiger partial charge on any atom is 0.341 e. The van der Waals surface area contributed by atoms with Gasteiger partial charge < -0.3 is 19.3 Å². The third-order valence-electron chi connectivity index (χ3n) is 6.64. The maximum atomic E-state index is 10.8. The third kappa shape index (κ3) is 6.51. The first-order valence-corrected chi connectivity index (χ1v) is 13.0. The number of hydrogen-bond donors (Lipinski definition) is 1. The maximum absolute atomic E-state index is 10.8. The van der Waals surface area contributed by atoms with Gasteiger partial charge in [-0.25, -0.2) is 4.79 Å². The monoisotopic (exact) mass is 530 g/mol. The van der Waals surface area contributed by atoms with Crippen LogP contribution in [0.3, 0.4) is 0 Å². The second-order valence-corrected chi connectivity index (χ2v) is 9.49. The number of aryl methyl sites for hydroxylation is 1. The highest BCUT2D eigenvalue weighted by Gasteiger charge is 2.09. The summed E-state index contributed by atoms with van der Waals surface area (Å²) < 4.78 is 16.8. The lowest BCUT2D eigenvalue weighted by atomic mass is 9.95. The fourth-order valence-corrected chi connectivity index (χ4v) is 4.56. The fourth-order valence-electron chi connectivity index (χ4n) is 4.56. The highest BCUT2D eigenvalue weighted by atomic mass is 16.5. The predicted octanol–water partition coefficient (Wildman–Crippen LogP) is 8.05. The van der Waals surface area contributed by atoms with E-state index in [9.17, 15) is 4.79 Å². The molecule has 200 valence electrons. The van der Waals surface area contributed by atoms with Gasteiger partial charge in [-0.2, -0.15) is 0 Å². The van der Waals surface area contributed by atoms with Crippen LogP contribution in [0.2, 0.25) is 0 Å². The lowest BCUT2D eigenvalue weighted by Gasteiger charge is -2.14. The molecule has 0 amide bonds. The lowest BCUT2D eigenvalue weighted by molar-refractivity contribution is -0.139. The Hall–Kier alpha value is -5.03. The van der Waals surface area contributed by atoms with Gasteiger partial charge in [0.1, 0.15) is 23.9 Å². The van der Waals surface area contributed by atoms with E-state index >= 15 is 0 Å². The van der Waals surface area contributed by atoms with E-state index < -0.39 is 5.97 Å². The van der Waals surface area contributed by atoms with Gasteiger partial charge in [0.15, 0.2) is 6.61 Å². The van der Waals surface area contributed by atoms with Crippen molar-refractivity contribution in [2.75, 3.05) is 13.7 Å². The highest BCUT2D eigenvalue weighted by Crippen LogP contribution is 2.32.